The number of hydrogen-bond acceptors (Lipinski definition) is 9. The lowest BCUT2D eigenvalue weighted by Gasteiger charge is -2.53. The number of primary amides is 1. The highest BCUT2D eigenvalue weighted by atomic mass is 79.9. The van der Waals surface area contributed by atoms with Crippen molar-refractivity contribution in [2.75, 3.05) is 14.1 Å². The number of aliphatic hydroxyl groups is 3. The van der Waals surface area contributed by atoms with Crippen molar-refractivity contribution in [3.05, 3.63) is 51.8 Å². The minimum absolute atomic E-state index is 0.0398. The number of aromatic nitrogens is 1. The molecule has 0 saturated heterocycles. The number of phenolic OH excluding ortho intramolecular Hbond substituents is 1. The van der Waals surface area contributed by atoms with Crippen molar-refractivity contribution in [2.24, 2.45) is 23.5 Å². The van der Waals surface area contributed by atoms with E-state index in [1.54, 1.807) is 37.5 Å². The largest absolute Gasteiger partial charge is 0.507 e. The molecule has 6 atom stereocenters. The predicted molar refractivity (Wildman–Crippen MR) is 135 cm³/mol. The van der Waals surface area contributed by atoms with Gasteiger partial charge < -0.3 is 31.1 Å². The molecule has 0 spiro atoms. The number of amides is 1. The number of likely N-dealkylation sites (N-methyl/N-ethyl adjacent to an activating group) is 1. The number of carbonyl (C=O) groups is 3. The lowest BCUT2D eigenvalue weighted by atomic mass is 9.54. The molecule has 1 amide bonds. The lowest BCUT2D eigenvalue weighted by molar-refractivity contribution is -0.184. The van der Waals surface area contributed by atoms with Gasteiger partial charge in [-0.1, -0.05) is 6.07 Å². The first-order valence-corrected chi connectivity index (χ1v) is 12.5. The van der Waals surface area contributed by atoms with Crippen LogP contribution in [-0.4, -0.2) is 79.6 Å². The maximum atomic E-state index is 13.9. The number of hydrogen-bond donors (Lipinski definition) is 5. The molecule has 3 aliphatic rings. The number of aromatic hydroxyl groups is 1. The molecule has 1 aromatic heterocycles. The van der Waals surface area contributed by atoms with E-state index in [2.05, 4.69) is 20.9 Å². The molecule has 1 unspecified atom stereocenters. The van der Waals surface area contributed by atoms with Gasteiger partial charge in [0.25, 0.3) is 0 Å². The quantitative estimate of drug-likeness (QED) is 0.336. The summed E-state index contributed by atoms with van der Waals surface area (Å²) in [5, 5.41) is 44.6. The van der Waals surface area contributed by atoms with Gasteiger partial charge in [0.15, 0.2) is 11.4 Å². The van der Waals surface area contributed by atoms with Gasteiger partial charge in [0.1, 0.15) is 17.4 Å². The second-order valence-electron chi connectivity index (χ2n) is 10.2. The van der Waals surface area contributed by atoms with E-state index in [4.69, 9.17) is 5.73 Å². The van der Waals surface area contributed by atoms with Crippen LogP contribution in [0.4, 0.5) is 0 Å². The molecule has 2 saturated carbocycles. The Morgan fingerprint density at radius 3 is 2.54 bits per heavy atom. The fourth-order valence-corrected chi connectivity index (χ4v) is 6.80. The summed E-state index contributed by atoms with van der Waals surface area (Å²) in [7, 11) is 3.23. The molecule has 6 N–H and O–H groups in total. The van der Waals surface area contributed by atoms with Crippen molar-refractivity contribution in [2.45, 2.75) is 30.6 Å². The number of fused-ring (bicyclic) bond motifs is 3. The van der Waals surface area contributed by atoms with Crippen LogP contribution in [0.5, 0.6) is 5.75 Å². The second-order valence-corrected chi connectivity index (χ2v) is 11.1. The number of phenols is 1. The summed E-state index contributed by atoms with van der Waals surface area (Å²) in [6.45, 7) is 0. The number of halogens is 1. The number of nitrogens with zero attached hydrogens (tertiary/aromatic N) is 2. The van der Waals surface area contributed by atoms with E-state index in [9.17, 15) is 34.8 Å². The van der Waals surface area contributed by atoms with Crippen LogP contribution in [0.25, 0.3) is 16.9 Å². The highest BCUT2D eigenvalue weighted by Gasteiger charge is 2.67. The Labute approximate surface area is 220 Å². The third kappa shape index (κ3) is 3.56. The first-order valence-electron chi connectivity index (χ1n) is 11.7. The Morgan fingerprint density at radius 1 is 1.22 bits per heavy atom. The van der Waals surface area contributed by atoms with Crippen molar-refractivity contribution >= 4 is 39.2 Å². The van der Waals surface area contributed by atoms with Crippen molar-refractivity contribution in [3.63, 3.8) is 0 Å². The van der Waals surface area contributed by atoms with Gasteiger partial charge in [0, 0.05) is 40.0 Å². The van der Waals surface area contributed by atoms with E-state index in [0.717, 1.165) is 10.0 Å². The Hall–Kier alpha value is -3.12. The van der Waals surface area contributed by atoms with Crippen LogP contribution in [-0.2, 0) is 20.8 Å². The van der Waals surface area contributed by atoms with Gasteiger partial charge in [-0.3, -0.25) is 19.4 Å². The summed E-state index contributed by atoms with van der Waals surface area (Å²) in [5.74, 6) is -7.65. The molecule has 0 bridgehead atoms. The molecular formula is C26H26BrN3O7. The maximum Gasteiger partial charge on any atom is 0.230 e. The van der Waals surface area contributed by atoms with Crippen molar-refractivity contribution in [1.82, 2.24) is 9.88 Å². The van der Waals surface area contributed by atoms with Crippen LogP contribution in [0.2, 0.25) is 0 Å². The molecule has 1 heterocycles. The van der Waals surface area contributed by atoms with E-state index in [0.29, 0.717) is 11.1 Å². The Morgan fingerprint density at radius 2 is 1.92 bits per heavy atom. The SMILES string of the molecule is CN(C)[C@@H]1[C@@H](O)C(C(N)=O)C(=O)[C@@]2(O)C(=O)C3=C(O)c4c(O)ccc(-c5cncc(Br)c5)c4C[C@H]3C[C@@H]12. The van der Waals surface area contributed by atoms with Gasteiger partial charge >= 0.3 is 0 Å². The van der Waals surface area contributed by atoms with Crippen LogP contribution in [0.1, 0.15) is 17.5 Å². The number of carbonyl (C=O) groups excluding carboxylic acids is 3. The van der Waals surface area contributed by atoms with Gasteiger partial charge in [0.2, 0.25) is 11.7 Å². The number of ketones is 2. The van der Waals surface area contributed by atoms with Crippen LogP contribution in [0, 0.1) is 17.8 Å². The standard InChI is InChI=1S/C26H26BrN3O7/c1-30(2)20-15-7-10-6-14-13(11-5-12(27)9-29-8-11)3-4-16(31)18(14)21(32)17(10)23(34)26(15,37)24(35)19(22(20)33)25(28)36/h3-5,8-10,15,19-20,22,31-33,37H,6-7H2,1-2H3,(H2,28,36)/t10-,15-,19?,20-,22-,26-/m0/s1. The van der Waals surface area contributed by atoms with E-state index in [1.807, 2.05) is 6.07 Å². The Kier molecular flexibility index (Phi) is 6.02. The smallest absolute Gasteiger partial charge is 0.230 e. The van der Waals surface area contributed by atoms with Crippen LogP contribution >= 0.6 is 15.9 Å². The number of rotatable bonds is 3. The van der Waals surface area contributed by atoms with E-state index < -0.39 is 58.7 Å². The molecule has 10 nitrogen and oxygen atoms in total. The molecule has 0 aliphatic heterocycles. The molecule has 11 heteroatoms. The first-order chi connectivity index (χ1) is 17.4. The highest BCUT2D eigenvalue weighted by molar-refractivity contribution is 9.10. The third-order valence-corrected chi connectivity index (χ3v) is 8.42. The summed E-state index contributed by atoms with van der Waals surface area (Å²) in [5.41, 5.74) is 4.58. The fraction of sp³-hybridized carbons (Fsp3) is 0.385. The van der Waals surface area contributed by atoms with Gasteiger partial charge in [0.05, 0.1) is 11.7 Å². The summed E-state index contributed by atoms with van der Waals surface area (Å²) in [4.78, 5) is 45.1. The van der Waals surface area contributed by atoms with Crippen molar-refractivity contribution in [3.8, 4) is 16.9 Å². The van der Waals surface area contributed by atoms with E-state index in [-0.39, 0.29) is 29.7 Å². The molecule has 2 aromatic rings. The summed E-state index contributed by atoms with van der Waals surface area (Å²) in [6.07, 6.45) is 2.01. The van der Waals surface area contributed by atoms with E-state index >= 15 is 0 Å². The zero-order chi connectivity index (χ0) is 27.0. The highest BCUT2D eigenvalue weighted by Crippen LogP contribution is 2.53. The topological polar surface area (TPSA) is 174 Å². The summed E-state index contributed by atoms with van der Waals surface area (Å²) < 4.78 is 0.730. The molecule has 194 valence electrons. The average Bonchev–Trinajstić information content (AvgIpc) is 2.81. The average molecular weight is 572 g/mol. The minimum atomic E-state index is -2.67. The molecular weight excluding hydrogens is 546 g/mol. The Balaban J connectivity index is 1.71. The number of Topliss-reactive ketones (excluding diaryl/α,β-unsaturated/α-hetero) is 2. The van der Waals surface area contributed by atoms with Crippen molar-refractivity contribution in [1.29, 1.82) is 0 Å². The predicted octanol–water partition coefficient (Wildman–Crippen LogP) is 0.954. The summed E-state index contributed by atoms with van der Waals surface area (Å²) in [6, 6.07) is 3.99. The molecule has 5 rings (SSSR count). The third-order valence-electron chi connectivity index (χ3n) is 7.99. The fourth-order valence-electron chi connectivity index (χ4n) is 6.43. The number of aliphatic hydroxyl groups excluding tert-OH is 2. The second kappa shape index (κ2) is 8.73. The number of benzene rings is 1. The van der Waals surface area contributed by atoms with Crippen molar-refractivity contribution < 1.29 is 34.8 Å². The normalized spacial score (nSPS) is 31.1. The molecule has 0 radical (unpaired) electrons. The minimum Gasteiger partial charge on any atom is -0.507 e. The van der Waals surface area contributed by atoms with Gasteiger partial charge in [-0.25, -0.2) is 0 Å². The van der Waals surface area contributed by atoms with Crippen LogP contribution < -0.4 is 5.73 Å². The Bertz CT molecular complexity index is 1390. The molecule has 2 fully saturated rings. The zero-order valence-electron chi connectivity index (χ0n) is 20.1. The van der Waals surface area contributed by atoms with Gasteiger partial charge in [-0.2, -0.15) is 0 Å². The first kappa shape index (κ1) is 25.5. The lowest BCUT2D eigenvalue weighted by Crippen LogP contribution is -2.73. The molecule has 1 aromatic carbocycles. The monoisotopic (exact) mass is 571 g/mol. The number of pyridine rings is 1. The maximum absolute atomic E-state index is 13.9. The van der Waals surface area contributed by atoms with Crippen LogP contribution in [0.3, 0.4) is 0 Å². The molecule has 3 aliphatic carbocycles. The molecule has 37 heavy (non-hydrogen) atoms. The van der Waals surface area contributed by atoms with Gasteiger partial charge in [-0.05, 0) is 72.0 Å². The van der Waals surface area contributed by atoms with Crippen LogP contribution in [0.15, 0.2) is 40.6 Å². The van der Waals surface area contributed by atoms with E-state index in [1.165, 1.54) is 6.07 Å². The summed E-state index contributed by atoms with van der Waals surface area (Å²) >= 11 is 3.40. The van der Waals surface area contributed by atoms with Gasteiger partial charge in [-0.15, -0.1) is 0 Å². The zero-order valence-corrected chi connectivity index (χ0v) is 21.6. The number of nitrogens with two attached hydrogens (primary N) is 1.